The molecule has 4 nitrogen and oxygen atoms in total. The molecule has 0 aliphatic carbocycles. The van der Waals surface area contributed by atoms with Crippen molar-refractivity contribution in [1.29, 1.82) is 0 Å². The van der Waals surface area contributed by atoms with Gasteiger partial charge in [0.05, 0.1) is 12.3 Å². The second-order valence-electron chi connectivity index (χ2n) is 4.49. The third kappa shape index (κ3) is 3.23. The highest BCUT2D eigenvalue weighted by molar-refractivity contribution is 7.09. The van der Waals surface area contributed by atoms with E-state index >= 15 is 0 Å². The lowest BCUT2D eigenvalue weighted by molar-refractivity contribution is -0.151. The number of carbonyl (C=O) groups is 1. The van der Waals surface area contributed by atoms with Gasteiger partial charge in [0.2, 0.25) is 0 Å². The van der Waals surface area contributed by atoms with E-state index in [1.165, 1.54) is 0 Å². The highest BCUT2D eigenvalue weighted by Gasteiger charge is 2.37. The maximum atomic E-state index is 12.3. The van der Waals surface area contributed by atoms with E-state index in [0.717, 1.165) is 4.88 Å². The molecule has 1 atom stereocenters. The Kier molecular flexibility index (Phi) is 4.87. The Morgan fingerprint density at radius 2 is 2.25 bits per heavy atom. The fourth-order valence-corrected chi connectivity index (χ4v) is 2.52. The normalized spacial score (nSPS) is 13.7. The number of aromatic nitrogens is 1. The maximum absolute atomic E-state index is 12.3. The molecule has 1 N–H and O–H groups in total. The van der Waals surface area contributed by atoms with Crippen LogP contribution in [-0.2, 0) is 21.6 Å². The highest BCUT2D eigenvalue weighted by Crippen LogP contribution is 2.22. The van der Waals surface area contributed by atoms with Gasteiger partial charge in [-0.15, -0.1) is 11.3 Å². The minimum absolute atomic E-state index is 0.310. The van der Waals surface area contributed by atoms with Crippen LogP contribution in [0.3, 0.4) is 0 Å². The number of carbonyl (C=O) groups excluding carboxylic acids is 1. The van der Waals surface area contributed by atoms with Crippen LogP contribution >= 0.6 is 11.3 Å². The van der Waals surface area contributed by atoms with Crippen molar-refractivity contribution in [1.82, 2.24) is 10.3 Å². The Labute approximate surface area is 122 Å². The molecule has 0 aromatic carbocycles. The van der Waals surface area contributed by atoms with E-state index in [9.17, 15) is 4.79 Å². The molecule has 20 heavy (non-hydrogen) atoms. The van der Waals surface area contributed by atoms with Gasteiger partial charge in [-0.05, 0) is 37.4 Å². The van der Waals surface area contributed by atoms with E-state index in [1.54, 1.807) is 31.4 Å². The minimum Gasteiger partial charge on any atom is -0.464 e. The molecule has 2 rings (SSSR count). The second kappa shape index (κ2) is 6.63. The monoisotopic (exact) mass is 290 g/mol. The van der Waals surface area contributed by atoms with Gasteiger partial charge < -0.3 is 4.74 Å². The quantitative estimate of drug-likeness (QED) is 0.831. The zero-order valence-corrected chi connectivity index (χ0v) is 12.4. The van der Waals surface area contributed by atoms with Gasteiger partial charge in [-0.3, -0.25) is 10.3 Å². The Balaban J connectivity index is 2.22. The Bertz CT molecular complexity index is 542. The highest BCUT2D eigenvalue weighted by atomic mass is 32.1. The Hall–Kier alpha value is -1.72. The molecule has 0 radical (unpaired) electrons. The van der Waals surface area contributed by atoms with Crippen LogP contribution in [0.4, 0.5) is 0 Å². The third-order valence-electron chi connectivity index (χ3n) is 3.06. The molecule has 0 fully saturated rings. The standard InChI is InChI=1S/C15H18N2O2S/c1-3-19-14(18)15(2,13-8-4-5-9-16-13)17-11-12-7-6-10-20-12/h4-10,17H,3,11H2,1-2H3. The van der Waals surface area contributed by atoms with Gasteiger partial charge in [0.1, 0.15) is 0 Å². The molecular weight excluding hydrogens is 272 g/mol. The van der Waals surface area contributed by atoms with E-state index in [1.807, 2.05) is 35.7 Å². The first-order valence-electron chi connectivity index (χ1n) is 6.53. The summed E-state index contributed by atoms with van der Waals surface area (Å²) >= 11 is 1.65. The molecule has 0 saturated carbocycles. The van der Waals surface area contributed by atoms with E-state index in [0.29, 0.717) is 18.8 Å². The number of hydrogen-bond donors (Lipinski definition) is 1. The zero-order chi connectivity index (χ0) is 14.4. The van der Waals surface area contributed by atoms with Crippen LogP contribution in [0.15, 0.2) is 41.9 Å². The summed E-state index contributed by atoms with van der Waals surface area (Å²) in [5.41, 5.74) is -0.281. The maximum Gasteiger partial charge on any atom is 0.332 e. The number of rotatable bonds is 6. The van der Waals surface area contributed by atoms with Crippen molar-refractivity contribution in [3.05, 3.63) is 52.5 Å². The molecule has 2 aromatic heterocycles. The number of esters is 1. The summed E-state index contributed by atoms with van der Waals surface area (Å²) in [4.78, 5) is 17.8. The van der Waals surface area contributed by atoms with Crippen molar-refractivity contribution >= 4 is 17.3 Å². The third-order valence-corrected chi connectivity index (χ3v) is 3.93. The number of pyridine rings is 1. The van der Waals surface area contributed by atoms with Crippen molar-refractivity contribution in [3.8, 4) is 0 Å². The van der Waals surface area contributed by atoms with Gasteiger partial charge in [-0.25, -0.2) is 4.79 Å². The van der Waals surface area contributed by atoms with E-state index < -0.39 is 5.54 Å². The molecule has 0 aliphatic rings. The van der Waals surface area contributed by atoms with Crippen molar-refractivity contribution in [2.45, 2.75) is 25.9 Å². The summed E-state index contributed by atoms with van der Waals surface area (Å²) < 4.78 is 5.19. The van der Waals surface area contributed by atoms with Crippen molar-refractivity contribution < 1.29 is 9.53 Å². The van der Waals surface area contributed by atoms with Crippen LogP contribution < -0.4 is 5.32 Å². The molecule has 0 saturated heterocycles. The summed E-state index contributed by atoms with van der Waals surface area (Å²) in [5, 5.41) is 5.29. The summed E-state index contributed by atoms with van der Waals surface area (Å²) in [7, 11) is 0. The summed E-state index contributed by atoms with van der Waals surface area (Å²) in [6.07, 6.45) is 1.68. The van der Waals surface area contributed by atoms with E-state index in [4.69, 9.17) is 4.74 Å². The first kappa shape index (κ1) is 14.7. The van der Waals surface area contributed by atoms with Gasteiger partial charge >= 0.3 is 5.97 Å². The van der Waals surface area contributed by atoms with Crippen LogP contribution in [-0.4, -0.2) is 17.6 Å². The van der Waals surface area contributed by atoms with E-state index in [2.05, 4.69) is 10.3 Å². The lowest BCUT2D eigenvalue weighted by atomic mass is 9.97. The van der Waals surface area contributed by atoms with Gasteiger partial charge in [0.25, 0.3) is 0 Å². The summed E-state index contributed by atoms with van der Waals surface area (Å²) in [6.45, 7) is 4.56. The molecule has 5 heteroatoms. The average molecular weight is 290 g/mol. The fourth-order valence-electron chi connectivity index (χ4n) is 1.88. The van der Waals surface area contributed by atoms with E-state index in [-0.39, 0.29) is 5.97 Å². The molecule has 2 heterocycles. The summed E-state index contributed by atoms with van der Waals surface area (Å²) in [5.74, 6) is -0.310. The van der Waals surface area contributed by atoms with Gasteiger partial charge in [-0.2, -0.15) is 0 Å². The molecule has 2 aromatic rings. The minimum atomic E-state index is -0.943. The van der Waals surface area contributed by atoms with Gasteiger partial charge in [-0.1, -0.05) is 12.1 Å². The first-order valence-corrected chi connectivity index (χ1v) is 7.41. The molecule has 106 valence electrons. The average Bonchev–Trinajstić information content (AvgIpc) is 2.99. The Morgan fingerprint density at radius 3 is 2.85 bits per heavy atom. The fraction of sp³-hybridized carbons (Fsp3) is 0.333. The van der Waals surface area contributed by atoms with Crippen molar-refractivity contribution in [3.63, 3.8) is 0 Å². The predicted molar refractivity (Wildman–Crippen MR) is 79.4 cm³/mol. The van der Waals surface area contributed by atoms with Crippen LogP contribution in [0.2, 0.25) is 0 Å². The Morgan fingerprint density at radius 1 is 1.40 bits per heavy atom. The second-order valence-corrected chi connectivity index (χ2v) is 5.53. The predicted octanol–water partition coefficient (Wildman–Crippen LogP) is 2.71. The molecule has 0 amide bonds. The SMILES string of the molecule is CCOC(=O)C(C)(NCc1cccs1)c1ccccn1. The number of nitrogens with one attached hydrogen (secondary N) is 1. The van der Waals surface area contributed by atoms with Gasteiger partial charge in [0.15, 0.2) is 5.54 Å². The van der Waals surface area contributed by atoms with Crippen LogP contribution in [0, 0.1) is 0 Å². The van der Waals surface area contributed by atoms with Crippen molar-refractivity contribution in [2.24, 2.45) is 0 Å². The lowest BCUT2D eigenvalue weighted by Crippen LogP contribution is -2.47. The number of ether oxygens (including phenoxy) is 1. The number of thiophene rings is 1. The molecule has 0 spiro atoms. The van der Waals surface area contributed by atoms with Crippen LogP contribution in [0.1, 0.15) is 24.4 Å². The largest absolute Gasteiger partial charge is 0.464 e. The molecule has 0 aliphatic heterocycles. The molecular formula is C15H18N2O2S. The van der Waals surface area contributed by atoms with Crippen LogP contribution in [0.25, 0.3) is 0 Å². The topological polar surface area (TPSA) is 51.2 Å². The number of hydrogen-bond acceptors (Lipinski definition) is 5. The van der Waals surface area contributed by atoms with Gasteiger partial charge in [0, 0.05) is 17.6 Å². The zero-order valence-electron chi connectivity index (χ0n) is 11.6. The first-order chi connectivity index (χ1) is 9.66. The van der Waals surface area contributed by atoms with Crippen LogP contribution in [0.5, 0.6) is 0 Å². The molecule has 0 bridgehead atoms. The number of nitrogens with zero attached hydrogens (tertiary/aromatic N) is 1. The smallest absolute Gasteiger partial charge is 0.332 e. The summed E-state index contributed by atoms with van der Waals surface area (Å²) in [6, 6.07) is 9.55. The van der Waals surface area contributed by atoms with Crippen molar-refractivity contribution in [2.75, 3.05) is 6.61 Å². The lowest BCUT2D eigenvalue weighted by Gasteiger charge is -2.27. The molecule has 1 unspecified atom stereocenters.